The fraction of sp³-hybridized carbons (Fsp3) is 0. The Morgan fingerprint density at radius 3 is 2.67 bits per heavy atom. The molecule has 0 fully saturated rings. The van der Waals surface area contributed by atoms with E-state index in [2.05, 4.69) is 10.3 Å². The number of benzene rings is 2. The lowest BCUT2D eigenvalue weighted by atomic mass is 10.1. The molecule has 0 aliphatic heterocycles. The van der Waals surface area contributed by atoms with E-state index in [0.717, 1.165) is 6.08 Å². The van der Waals surface area contributed by atoms with Crippen molar-refractivity contribution < 1.29 is 13.9 Å². The molecule has 7 nitrogen and oxygen atoms in total. The lowest BCUT2D eigenvalue weighted by molar-refractivity contribution is -0.112. The van der Waals surface area contributed by atoms with Crippen molar-refractivity contribution in [3.63, 3.8) is 0 Å². The second-order valence-electron chi connectivity index (χ2n) is 6.75. The van der Waals surface area contributed by atoms with E-state index >= 15 is 0 Å². The molecule has 9 heteroatoms. The van der Waals surface area contributed by atoms with E-state index < -0.39 is 17.3 Å². The first kappa shape index (κ1) is 21.7. The normalized spacial score (nSPS) is 11.1. The molecule has 1 amide bonds. The van der Waals surface area contributed by atoms with E-state index in [-0.39, 0.29) is 22.8 Å². The quantitative estimate of drug-likeness (QED) is 0.340. The maximum Gasteiger partial charge on any atom is 0.269 e. The Balaban J connectivity index is 1.79. The number of pyridine rings is 1. The molecule has 0 spiro atoms. The molecule has 0 radical (unpaired) electrons. The first-order valence-electron chi connectivity index (χ1n) is 9.58. The summed E-state index contributed by atoms with van der Waals surface area (Å²) in [5, 5.41) is 12.6. The monoisotopic (exact) mass is 460 g/mol. The smallest absolute Gasteiger partial charge is 0.269 e. The van der Waals surface area contributed by atoms with Crippen LogP contribution in [0.25, 0.3) is 11.7 Å². The van der Waals surface area contributed by atoms with E-state index in [1.807, 2.05) is 0 Å². The predicted molar refractivity (Wildman–Crippen MR) is 122 cm³/mol. The molecule has 162 valence electrons. The van der Waals surface area contributed by atoms with Crippen LogP contribution in [0.5, 0.6) is 11.6 Å². The van der Waals surface area contributed by atoms with Gasteiger partial charge in [-0.25, -0.2) is 4.39 Å². The second-order valence-corrected chi connectivity index (χ2v) is 7.19. The average molecular weight is 461 g/mol. The van der Waals surface area contributed by atoms with Crippen molar-refractivity contribution in [2.75, 3.05) is 5.32 Å². The number of aromatic nitrogens is 2. The summed E-state index contributed by atoms with van der Waals surface area (Å²) >= 11 is 5.93. The average Bonchev–Trinajstić information content (AvgIpc) is 2.80. The number of carbonyl (C=O) groups excluding carboxylic acids is 1. The molecule has 0 bridgehead atoms. The van der Waals surface area contributed by atoms with Crippen LogP contribution >= 0.6 is 11.6 Å². The van der Waals surface area contributed by atoms with Gasteiger partial charge in [-0.3, -0.25) is 14.0 Å². The molecule has 2 heterocycles. The van der Waals surface area contributed by atoms with E-state index in [1.54, 1.807) is 42.5 Å². The van der Waals surface area contributed by atoms with Gasteiger partial charge in [0.2, 0.25) is 5.88 Å². The van der Waals surface area contributed by atoms with E-state index in [1.165, 1.54) is 40.9 Å². The zero-order chi connectivity index (χ0) is 23.4. The number of rotatable bonds is 5. The van der Waals surface area contributed by atoms with Gasteiger partial charge in [-0.15, -0.1) is 0 Å². The van der Waals surface area contributed by atoms with Gasteiger partial charge in [0, 0.05) is 16.9 Å². The third kappa shape index (κ3) is 4.89. The summed E-state index contributed by atoms with van der Waals surface area (Å²) in [5.74, 6) is -1.12. The molecule has 0 atom stereocenters. The van der Waals surface area contributed by atoms with Crippen LogP contribution in [0.2, 0.25) is 5.02 Å². The standard InChI is InChI=1S/C24H14ClFN4O3/c25-16-4-3-5-18(13-16)28-22(31)15(14-27)12-20-23(33-19-9-7-17(26)8-10-19)29-21-6-1-2-11-30(21)24(20)32/h1-13H,(H,28,31)/b15-12-. The number of amides is 1. The van der Waals surface area contributed by atoms with Crippen LogP contribution < -0.4 is 15.6 Å². The zero-order valence-corrected chi connectivity index (χ0v) is 17.6. The van der Waals surface area contributed by atoms with Crippen LogP contribution in [0, 0.1) is 17.1 Å². The summed E-state index contributed by atoms with van der Waals surface area (Å²) in [6.45, 7) is 0. The Bertz CT molecular complexity index is 1490. The molecule has 4 rings (SSSR count). The fourth-order valence-electron chi connectivity index (χ4n) is 2.96. The van der Waals surface area contributed by atoms with Crippen LogP contribution in [0.4, 0.5) is 10.1 Å². The van der Waals surface area contributed by atoms with Gasteiger partial charge < -0.3 is 10.1 Å². The molecule has 2 aromatic carbocycles. The minimum Gasteiger partial charge on any atom is -0.438 e. The topological polar surface area (TPSA) is 96.5 Å². The number of nitriles is 1. The molecule has 0 saturated carbocycles. The number of fused-ring (bicyclic) bond motifs is 1. The molecule has 4 aromatic rings. The molecule has 0 saturated heterocycles. The van der Waals surface area contributed by atoms with Gasteiger partial charge in [0.25, 0.3) is 11.5 Å². The van der Waals surface area contributed by atoms with E-state index in [0.29, 0.717) is 16.4 Å². The van der Waals surface area contributed by atoms with Gasteiger partial charge in [-0.05, 0) is 60.7 Å². The summed E-state index contributed by atoms with van der Waals surface area (Å²) in [6, 6.07) is 18.3. The van der Waals surface area contributed by atoms with Gasteiger partial charge in [0.1, 0.15) is 34.4 Å². The third-order valence-corrected chi connectivity index (χ3v) is 4.73. The first-order valence-corrected chi connectivity index (χ1v) is 9.96. The van der Waals surface area contributed by atoms with Crippen molar-refractivity contribution >= 4 is 34.9 Å². The van der Waals surface area contributed by atoms with Crippen molar-refractivity contribution in [2.45, 2.75) is 0 Å². The van der Waals surface area contributed by atoms with Crippen molar-refractivity contribution in [3.05, 3.63) is 105 Å². The van der Waals surface area contributed by atoms with E-state index in [9.17, 15) is 19.2 Å². The number of hydrogen-bond acceptors (Lipinski definition) is 5. The van der Waals surface area contributed by atoms with Crippen LogP contribution in [0.3, 0.4) is 0 Å². The Labute approximate surface area is 192 Å². The third-order valence-electron chi connectivity index (χ3n) is 4.50. The molecular weight excluding hydrogens is 447 g/mol. The predicted octanol–water partition coefficient (Wildman–Crippen LogP) is 4.82. The van der Waals surface area contributed by atoms with Gasteiger partial charge >= 0.3 is 0 Å². The number of nitrogens with one attached hydrogen (secondary N) is 1. The molecule has 33 heavy (non-hydrogen) atoms. The zero-order valence-electron chi connectivity index (χ0n) is 16.8. The summed E-state index contributed by atoms with van der Waals surface area (Å²) in [5.41, 5.74) is -0.362. The lowest BCUT2D eigenvalue weighted by Crippen LogP contribution is -2.20. The van der Waals surface area contributed by atoms with Crippen molar-refractivity contribution in [2.24, 2.45) is 0 Å². The Hall–Kier alpha value is -4.48. The highest BCUT2D eigenvalue weighted by atomic mass is 35.5. The summed E-state index contributed by atoms with van der Waals surface area (Å²) in [4.78, 5) is 30.2. The first-order chi connectivity index (χ1) is 15.9. The van der Waals surface area contributed by atoms with Gasteiger partial charge in [-0.2, -0.15) is 10.2 Å². The number of anilines is 1. The van der Waals surface area contributed by atoms with Crippen LogP contribution in [-0.4, -0.2) is 15.3 Å². The number of halogens is 2. The summed E-state index contributed by atoms with van der Waals surface area (Å²) in [7, 11) is 0. The number of hydrogen-bond donors (Lipinski definition) is 1. The Kier molecular flexibility index (Phi) is 6.15. The van der Waals surface area contributed by atoms with Crippen molar-refractivity contribution in [1.29, 1.82) is 5.26 Å². The number of ether oxygens (including phenoxy) is 1. The molecule has 0 aliphatic rings. The SMILES string of the molecule is N#C/C(=C/c1c(Oc2ccc(F)cc2)nc2ccccn2c1=O)C(=O)Nc1cccc(Cl)c1. The highest BCUT2D eigenvalue weighted by Crippen LogP contribution is 2.24. The van der Waals surface area contributed by atoms with Crippen molar-refractivity contribution in [1.82, 2.24) is 9.38 Å². The number of carbonyl (C=O) groups is 1. The molecule has 0 unspecified atom stereocenters. The minimum absolute atomic E-state index is 0.124. The maximum absolute atomic E-state index is 13.3. The highest BCUT2D eigenvalue weighted by molar-refractivity contribution is 6.31. The molecule has 1 N–H and O–H groups in total. The Morgan fingerprint density at radius 2 is 1.94 bits per heavy atom. The van der Waals surface area contributed by atoms with Crippen LogP contribution in [0.1, 0.15) is 5.56 Å². The number of nitrogens with zero attached hydrogens (tertiary/aromatic N) is 3. The largest absolute Gasteiger partial charge is 0.438 e. The molecular formula is C24H14ClFN4O3. The summed E-state index contributed by atoms with van der Waals surface area (Å²) in [6.07, 6.45) is 2.61. The lowest BCUT2D eigenvalue weighted by Gasteiger charge is -2.10. The van der Waals surface area contributed by atoms with Crippen LogP contribution in [-0.2, 0) is 4.79 Å². The highest BCUT2D eigenvalue weighted by Gasteiger charge is 2.17. The van der Waals surface area contributed by atoms with Gasteiger partial charge in [0.05, 0.1) is 0 Å². The van der Waals surface area contributed by atoms with E-state index in [4.69, 9.17) is 16.3 Å². The maximum atomic E-state index is 13.3. The summed E-state index contributed by atoms with van der Waals surface area (Å²) < 4.78 is 20.2. The molecule has 0 aliphatic carbocycles. The second kappa shape index (κ2) is 9.34. The van der Waals surface area contributed by atoms with Gasteiger partial charge in [-0.1, -0.05) is 23.7 Å². The Morgan fingerprint density at radius 1 is 1.15 bits per heavy atom. The van der Waals surface area contributed by atoms with Gasteiger partial charge in [0.15, 0.2) is 0 Å². The minimum atomic E-state index is -0.745. The van der Waals surface area contributed by atoms with Crippen molar-refractivity contribution in [3.8, 4) is 17.7 Å². The molecule has 2 aromatic heterocycles. The van der Waals surface area contributed by atoms with Crippen LogP contribution in [0.15, 0.2) is 83.3 Å². The fourth-order valence-corrected chi connectivity index (χ4v) is 3.15.